The van der Waals surface area contributed by atoms with E-state index in [2.05, 4.69) is 19.8 Å². The number of aryl methyl sites for hydroxylation is 2. The van der Waals surface area contributed by atoms with Gasteiger partial charge in [0.15, 0.2) is 5.65 Å². The molecule has 0 radical (unpaired) electrons. The molecule has 0 saturated carbocycles. The lowest BCUT2D eigenvalue weighted by molar-refractivity contribution is 0.341. The first kappa shape index (κ1) is 17.9. The molecule has 26 heavy (non-hydrogen) atoms. The zero-order chi connectivity index (χ0) is 19.1. The first-order valence-corrected chi connectivity index (χ1v) is 9.77. The summed E-state index contributed by atoms with van der Waals surface area (Å²) >= 11 is 0. The molecule has 0 atom stereocenters. The van der Waals surface area contributed by atoms with Gasteiger partial charge in [-0.25, -0.2) is 18.1 Å². The van der Waals surface area contributed by atoms with E-state index in [0.29, 0.717) is 40.3 Å². The topological polar surface area (TPSA) is 119 Å². The van der Waals surface area contributed by atoms with Gasteiger partial charge < -0.3 is 9.72 Å². The van der Waals surface area contributed by atoms with E-state index in [9.17, 15) is 13.2 Å². The van der Waals surface area contributed by atoms with Gasteiger partial charge in [-0.2, -0.15) is 5.10 Å². The van der Waals surface area contributed by atoms with Gasteiger partial charge in [0.25, 0.3) is 5.56 Å². The molecule has 10 heteroatoms. The maximum absolute atomic E-state index is 12.5. The van der Waals surface area contributed by atoms with Crippen LogP contribution in [0.5, 0.6) is 5.75 Å². The highest BCUT2D eigenvalue weighted by Crippen LogP contribution is 2.31. The summed E-state index contributed by atoms with van der Waals surface area (Å²) in [6.45, 7) is 3.97. The van der Waals surface area contributed by atoms with Crippen molar-refractivity contribution < 1.29 is 13.2 Å². The Bertz CT molecular complexity index is 1150. The molecule has 0 unspecified atom stereocenters. The van der Waals surface area contributed by atoms with Gasteiger partial charge in [-0.15, -0.1) is 0 Å². The number of hydrogen-bond donors (Lipinski definition) is 2. The highest BCUT2D eigenvalue weighted by molar-refractivity contribution is 7.92. The van der Waals surface area contributed by atoms with Crippen LogP contribution in [0.15, 0.2) is 23.0 Å². The fourth-order valence-electron chi connectivity index (χ4n) is 2.75. The summed E-state index contributed by atoms with van der Waals surface area (Å²) in [5, 5.41) is 4.64. The van der Waals surface area contributed by atoms with Crippen molar-refractivity contribution in [2.45, 2.75) is 13.8 Å². The molecule has 0 spiro atoms. The summed E-state index contributed by atoms with van der Waals surface area (Å²) in [4.78, 5) is 19.7. The van der Waals surface area contributed by atoms with E-state index >= 15 is 0 Å². The van der Waals surface area contributed by atoms with Crippen LogP contribution >= 0.6 is 0 Å². The summed E-state index contributed by atoms with van der Waals surface area (Å²) in [6, 6.07) is 4.78. The van der Waals surface area contributed by atoms with Crippen LogP contribution in [0.25, 0.3) is 22.4 Å². The van der Waals surface area contributed by atoms with Crippen molar-refractivity contribution in [2.75, 3.05) is 17.6 Å². The summed E-state index contributed by atoms with van der Waals surface area (Å²) < 4.78 is 32.6. The molecule has 0 saturated heterocycles. The van der Waals surface area contributed by atoms with Gasteiger partial charge >= 0.3 is 0 Å². The number of benzene rings is 1. The number of hydrogen-bond acceptors (Lipinski definition) is 6. The van der Waals surface area contributed by atoms with Gasteiger partial charge in [0.05, 0.1) is 24.1 Å². The van der Waals surface area contributed by atoms with Crippen molar-refractivity contribution in [3.05, 3.63) is 34.2 Å². The fraction of sp³-hybridized carbons (Fsp3) is 0.312. The third-order valence-electron chi connectivity index (χ3n) is 3.71. The minimum atomic E-state index is -3.44. The summed E-state index contributed by atoms with van der Waals surface area (Å²) in [6.07, 6.45) is 1.06. The van der Waals surface area contributed by atoms with Crippen LogP contribution < -0.4 is 15.0 Å². The van der Waals surface area contributed by atoms with E-state index in [1.807, 2.05) is 6.92 Å². The van der Waals surface area contributed by atoms with Gasteiger partial charge in [-0.05, 0) is 32.0 Å². The van der Waals surface area contributed by atoms with Crippen LogP contribution in [0, 0.1) is 6.92 Å². The molecule has 2 aromatic heterocycles. The molecular weight excluding hydrogens is 358 g/mol. The van der Waals surface area contributed by atoms with E-state index in [4.69, 9.17) is 4.74 Å². The van der Waals surface area contributed by atoms with Crippen LogP contribution in [0.4, 0.5) is 5.69 Å². The summed E-state index contributed by atoms with van der Waals surface area (Å²) in [5.41, 5.74) is 1.51. The minimum absolute atomic E-state index is 0.270. The van der Waals surface area contributed by atoms with Gasteiger partial charge in [-0.1, -0.05) is 0 Å². The van der Waals surface area contributed by atoms with E-state index < -0.39 is 10.0 Å². The molecule has 3 aromatic rings. The van der Waals surface area contributed by atoms with E-state index in [1.54, 1.807) is 32.2 Å². The Morgan fingerprint density at radius 2 is 2.08 bits per heavy atom. The molecule has 0 fully saturated rings. The van der Waals surface area contributed by atoms with Crippen LogP contribution in [0.2, 0.25) is 0 Å². The smallest absolute Gasteiger partial charge is 0.262 e. The molecule has 1 aromatic carbocycles. The lowest BCUT2D eigenvalue weighted by Gasteiger charge is -2.12. The molecule has 3 rings (SSSR count). The zero-order valence-corrected chi connectivity index (χ0v) is 15.6. The lowest BCUT2D eigenvalue weighted by Crippen LogP contribution is -2.12. The second-order valence-electron chi connectivity index (χ2n) is 5.84. The van der Waals surface area contributed by atoms with E-state index in [0.717, 1.165) is 6.26 Å². The first-order valence-electron chi connectivity index (χ1n) is 7.88. The van der Waals surface area contributed by atoms with Gasteiger partial charge in [-0.3, -0.25) is 9.52 Å². The monoisotopic (exact) mass is 377 g/mol. The van der Waals surface area contributed by atoms with E-state index in [1.165, 1.54) is 4.68 Å². The summed E-state index contributed by atoms with van der Waals surface area (Å²) in [7, 11) is -1.74. The average molecular weight is 377 g/mol. The average Bonchev–Trinajstić information content (AvgIpc) is 2.82. The standard InChI is InChI=1S/C16H19N5O4S/c1-5-25-12-7-6-10(20-26(4,23)24)8-11(12)14-17-15-13(16(22)18-14)9(2)19-21(15)3/h6-8,20H,5H2,1-4H3,(H,17,18,22). The minimum Gasteiger partial charge on any atom is -0.493 e. The molecule has 9 nitrogen and oxygen atoms in total. The van der Waals surface area contributed by atoms with Crippen LogP contribution in [0.3, 0.4) is 0 Å². The Kier molecular flexibility index (Phi) is 4.45. The predicted molar refractivity (Wildman–Crippen MR) is 98.9 cm³/mol. The Balaban J connectivity index is 2.24. The normalized spacial score (nSPS) is 11.7. The summed E-state index contributed by atoms with van der Waals surface area (Å²) in [5.74, 6) is 0.749. The third kappa shape index (κ3) is 3.40. The van der Waals surface area contributed by atoms with Crippen molar-refractivity contribution in [3.63, 3.8) is 0 Å². The molecule has 0 bridgehead atoms. The highest BCUT2D eigenvalue weighted by atomic mass is 32.2. The number of nitrogens with zero attached hydrogens (tertiary/aromatic N) is 3. The van der Waals surface area contributed by atoms with Gasteiger partial charge in [0.1, 0.15) is 17.0 Å². The number of fused-ring (bicyclic) bond motifs is 1. The van der Waals surface area contributed by atoms with E-state index in [-0.39, 0.29) is 11.4 Å². The number of rotatable bonds is 5. The molecular formula is C16H19N5O4S. The molecule has 0 aliphatic heterocycles. The molecule has 0 amide bonds. The van der Waals surface area contributed by atoms with Gasteiger partial charge in [0.2, 0.25) is 10.0 Å². The number of sulfonamides is 1. The highest BCUT2D eigenvalue weighted by Gasteiger charge is 2.17. The third-order valence-corrected chi connectivity index (χ3v) is 4.31. The maximum Gasteiger partial charge on any atom is 0.262 e. The van der Waals surface area contributed by atoms with Crippen LogP contribution in [-0.2, 0) is 17.1 Å². The largest absolute Gasteiger partial charge is 0.493 e. The number of aromatic amines is 1. The lowest BCUT2D eigenvalue weighted by atomic mass is 10.1. The van der Waals surface area contributed by atoms with Crippen LogP contribution in [0.1, 0.15) is 12.6 Å². The molecule has 2 heterocycles. The van der Waals surface area contributed by atoms with Gasteiger partial charge in [0, 0.05) is 12.7 Å². The molecule has 2 N–H and O–H groups in total. The van der Waals surface area contributed by atoms with Crippen molar-refractivity contribution in [3.8, 4) is 17.1 Å². The quantitative estimate of drug-likeness (QED) is 0.694. The number of ether oxygens (including phenoxy) is 1. The Morgan fingerprint density at radius 3 is 2.73 bits per heavy atom. The number of anilines is 1. The Morgan fingerprint density at radius 1 is 1.35 bits per heavy atom. The molecule has 0 aliphatic rings. The second kappa shape index (κ2) is 6.45. The number of H-pyrrole nitrogens is 1. The first-order chi connectivity index (χ1) is 12.2. The molecule has 138 valence electrons. The van der Waals surface area contributed by atoms with Crippen molar-refractivity contribution in [1.29, 1.82) is 0 Å². The Hall–Kier alpha value is -2.88. The van der Waals surface area contributed by atoms with Crippen molar-refractivity contribution in [1.82, 2.24) is 19.7 Å². The number of aromatic nitrogens is 4. The fourth-order valence-corrected chi connectivity index (χ4v) is 3.30. The van der Waals surface area contributed by atoms with Crippen LogP contribution in [-0.4, -0.2) is 41.0 Å². The van der Waals surface area contributed by atoms with Crippen molar-refractivity contribution in [2.24, 2.45) is 7.05 Å². The second-order valence-corrected chi connectivity index (χ2v) is 7.59. The molecule has 0 aliphatic carbocycles. The Labute approximate surface area is 150 Å². The SMILES string of the molecule is CCOc1ccc(NS(C)(=O)=O)cc1-c1nc2c(c(C)nn2C)c(=O)[nH]1. The predicted octanol–water partition coefficient (Wildman–Crippen LogP) is 1.40. The number of nitrogens with one attached hydrogen (secondary N) is 2. The maximum atomic E-state index is 12.5. The zero-order valence-electron chi connectivity index (χ0n) is 14.8. The van der Waals surface area contributed by atoms with Crippen molar-refractivity contribution >= 4 is 26.7 Å².